The van der Waals surface area contributed by atoms with Crippen molar-refractivity contribution in [2.45, 2.75) is 58.5 Å². The molecule has 2 aliphatic rings. The lowest BCUT2D eigenvalue weighted by Crippen LogP contribution is -2.54. The van der Waals surface area contributed by atoms with E-state index in [-0.39, 0.29) is 17.4 Å². The normalized spacial score (nSPS) is 23.5. The first-order valence-corrected chi connectivity index (χ1v) is 7.65. The van der Waals surface area contributed by atoms with E-state index in [1.165, 1.54) is 19.4 Å². The van der Waals surface area contributed by atoms with Gasteiger partial charge in [-0.3, -0.25) is 4.79 Å². The van der Waals surface area contributed by atoms with Crippen LogP contribution in [0.25, 0.3) is 0 Å². The number of piperidine rings is 1. The van der Waals surface area contributed by atoms with E-state index >= 15 is 0 Å². The van der Waals surface area contributed by atoms with Crippen molar-refractivity contribution in [1.29, 1.82) is 0 Å². The van der Waals surface area contributed by atoms with Gasteiger partial charge in [0, 0.05) is 19.1 Å². The minimum atomic E-state index is -0.386. The van der Waals surface area contributed by atoms with Crippen molar-refractivity contribution >= 4 is 5.91 Å². The van der Waals surface area contributed by atoms with Gasteiger partial charge in [-0.1, -0.05) is 20.8 Å². The monoisotopic (exact) mass is 267 g/mol. The molecule has 1 amide bonds. The van der Waals surface area contributed by atoms with Gasteiger partial charge in [-0.15, -0.1) is 0 Å². The Morgan fingerprint density at radius 3 is 2.32 bits per heavy atom. The number of carbonyl (C=O) groups excluding carboxylic acids is 1. The SMILES string of the molecule is CC(C)(C)[C@H](N)C(=O)N1CCC(NCC2CC2)CC1. The van der Waals surface area contributed by atoms with Crippen molar-refractivity contribution in [1.82, 2.24) is 10.2 Å². The van der Waals surface area contributed by atoms with Crippen molar-refractivity contribution in [2.75, 3.05) is 19.6 Å². The van der Waals surface area contributed by atoms with Gasteiger partial charge in [-0.05, 0) is 43.6 Å². The van der Waals surface area contributed by atoms with Crippen LogP contribution >= 0.6 is 0 Å². The fourth-order valence-corrected chi connectivity index (χ4v) is 2.53. The maximum Gasteiger partial charge on any atom is 0.240 e. The third kappa shape index (κ3) is 4.18. The second-order valence-electron chi connectivity index (χ2n) is 7.29. The first-order valence-electron chi connectivity index (χ1n) is 7.65. The zero-order valence-electron chi connectivity index (χ0n) is 12.6. The lowest BCUT2D eigenvalue weighted by atomic mass is 9.86. The fourth-order valence-electron chi connectivity index (χ4n) is 2.53. The summed E-state index contributed by atoms with van der Waals surface area (Å²) in [6, 6.07) is 0.207. The predicted octanol–water partition coefficient (Wildman–Crippen LogP) is 1.35. The number of nitrogens with zero attached hydrogens (tertiary/aromatic N) is 1. The van der Waals surface area contributed by atoms with Gasteiger partial charge in [-0.2, -0.15) is 0 Å². The Morgan fingerprint density at radius 2 is 1.84 bits per heavy atom. The van der Waals surface area contributed by atoms with Gasteiger partial charge in [0.05, 0.1) is 6.04 Å². The minimum Gasteiger partial charge on any atom is -0.341 e. The second-order valence-corrected chi connectivity index (χ2v) is 7.29. The topological polar surface area (TPSA) is 58.4 Å². The third-order valence-electron chi connectivity index (χ3n) is 4.40. The summed E-state index contributed by atoms with van der Waals surface area (Å²) in [5.74, 6) is 1.04. The van der Waals surface area contributed by atoms with Crippen LogP contribution < -0.4 is 11.1 Å². The quantitative estimate of drug-likeness (QED) is 0.808. The summed E-state index contributed by atoms with van der Waals surface area (Å²) in [5.41, 5.74) is 5.90. The third-order valence-corrected chi connectivity index (χ3v) is 4.40. The molecule has 1 atom stereocenters. The molecular formula is C15H29N3O. The van der Waals surface area contributed by atoms with Crippen LogP contribution in [0.1, 0.15) is 46.5 Å². The lowest BCUT2D eigenvalue weighted by molar-refractivity contribution is -0.136. The highest BCUT2D eigenvalue weighted by atomic mass is 16.2. The van der Waals surface area contributed by atoms with Crippen LogP contribution in [0.2, 0.25) is 0 Å². The fraction of sp³-hybridized carbons (Fsp3) is 0.933. The van der Waals surface area contributed by atoms with Crippen LogP contribution in [0, 0.1) is 11.3 Å². The molecule has 3 N–H and O–H groups in total. The van der Waals surface area contributed by atoms with Crippen molar-refractivity contribution in [3.63, 3.8) is 0 Å². The van der Waals surface area contributed by atoms with Gasteiger partial charge < -0.3 is 16.0 Å². The summed E-state index contributed by atoms with van der Waals surface area (Å²) in [6.45, 7) is 8.95. The van der Waals surface area contributed by atoms with E-state index in [2.05, 4.69) is 5.32 Å². The van der Waals surface area contributed by atoms with Crippen molar-refractivity contribution in [3.8, 4) is 0 Å². The smallest absolute Gasteiger partial charge is 0.240 e. The Labute approximate surface area is 117 Å². The van der Waals surface area contributed by atoms with E-state index in [0.717, 1.165) is 31.8 Å². The van der Waals surface area contributed by atoms with Crippen molar-refractivity contribution < 1.29 is 4.79 Å². The van der Waals surface area contributed by atoms with E-state index in [4.69, 9.17) is 5.73 Å². The summed E-state index contributed by atoms with van der Waals surface area (Å²) >= 11 is 0. The maximum absolute atomic E-state index is 12.3. The molecule has 1 heterocycles. The van der Waals surface area contributed by atoms with Crippen LogP contribution in [0.15, 0.2) is 0 Å². The van der Waals surface area contributed by atoms with Gasteiger partial charge in [0.15, 0.2) is 0 Å². The molecule has 1 saturated carbocycles. The molecule has 2 fully saturated rings. The van der Waals surface area contributed by atoms with E-state index in [0.29, 0.717) is 6.04 Å². The molecule has 1 aliphatic heterocycles. The first-order chi connectivity index (χ1) is 8.88. The molecule has 1 saturated heterocycles. The summed E-state index contributed by atoms with van der Waals surface area (Å²) in [4.78, 5) is 14.3. The molecule has 0 aromatic rings. The van der Waals surface area contributed by atoms with Crippen LogP contribution in [-0.4, -0.2) is 42.5 Å². The number of hydrogen-bond donors (Lipinski definition) is 2. The van der Waals surface area contributed by atoms with Gasteiger partial charge >= 0.3 is 0 Å². The molecule has 0 bridgehead atoms. The highest BCUT2D eigenvalue weighted by Gasteiger charge is 2.33. The predicted molar refractivity (Wildman–Crippen MR) is 77.8 cm³/mol. The highest BCUT2D eigenvalue weighted by molar-refractivity contribution is 5.82. The number of carbonyl (C=O) groups is 1. The van der Waals surface area contributed by atoms with Crippen molar-refractivity contribution in [3.05, 3.63) is 0 Å². The largest absolute Gasteiger partial charge is 0.341 e. The summed E-state index contributed by atoms with van der Waals surface area (Å²) in [6.07, 6.45) is 4.92. The molecule has 2 rings (SSSR count). The summed E-state index contributed by atoms with van der Waals surface area (Å²) < 4.78 is 0. The molecule has 0 spiro atoms. The number of amides is 1. The molecule has 4 heteroatoms. The van der Waals surface area contributed by atoms with Gasteiger partial charge in [0.2, 0.25) is 5.91 Å². The van der Waals surface area contributed by atoms with Gasteiger partial charge in [0.25, 0.3) is 0 Å². The number of rotatable bonds is 4. The van der Waals surface area contributed by atoms with E-state index in [9.17, 15) is 4.79 Å². The van der Waals surface area contributed by atoms with Crippen LogP contribution in [0.3, 0.4) is 0 Å². The standard InChI is InChI=1S/C15H29N3O/c1-15(2,3)13(16)14(19)18-8-6-12(7-9-18)17-10-11-4-5-11/h11-13,17H,4-10,16H2,1-3H3/t13-/m1/s1. The Balaban J connectivity index is 1.73. The Bertz CT molecular complexity index is 312. The van der Waals surface area contributed by atoms with Crippen LogP contribution in [-0.2, 0) is 4.79 Å². The summed E-state index contributed by atoms with van der Waals surface area (Å²) in [7, 11) is 0. The average Bonchev–Trinajstić information content (AvgIpc) is 3.18. The minimum absolute atomic E-state index is 0.119. The van der Waals surface area contributed by atoms with Crippen LogP contribution in [0.4, 0.5) is 0 Å². The maximum atomic E-state index is 12.3. The molecule has 0 aromatic heterocycles. The van der Waals surface area contributed by atoms with Crippen LogP contribution in [0.5, 0.6) is 0 Å². The second kappa shape index (κ2) is 5.80. The molecule has 1 aliphatic carbocycles. The first kappa shape index (κ1) is 14.8. The van der Waals surface area contributed by atoms with Gasteiger partial charge in [-0.25, -0.2) is 0 Å². The zero-order valence-corrected chi connectivity index (χ0v) is 12.6. The molecule has 0 radical (unpaired) electrons. The summed E-state index contributed by atoms with van der Waals surface area (Å²) in [5, 5.41) is 3.63. The number of hydrogen-bond acceptors (Lipinski definition) is 3. The van der Waals surface area contributed by atoms with E-state index in [1.54, 1.807) is 0 Å². The average molecular weight is 267 g/mol. The Hall–Kier alpha value is -0.610. The van der Waals surface area contributed by atoms with E-state index in [1.807, 2.05) is 25.7 Å². The molecule has 4 nitrogen and oxygen atoms in total. The number of nitrogens with two attached hydrogens (primary N) is 1. The number of nitrogens with one attached hydrogen (secondary N) is 1. The lowest BCUT2D eigenvalue weighted by Gasteiger charge is -2.36. The Kier molecular flexibility index (Phi) is 4.51. The molecule has 19 heavy (non-hydrogen) atoms. The van der Waals surface area contributed by atoms with Gasteiger partial charge in [0.1, 0.15) is 0 Å². The molecular weight excluding hydrogens is 238 g/mol. The van der Waals surface area contributed by atoms with E-state index < -0.39 is 0 Å². The number of likely N-dealkylation sites (tertiary alicyclic amines) is 1. The molecule has 110 valence electrons. The molecule has 0 unspecified atom stereocenters. The van der Waals surface area contributed by atoms with Crippen molar-refractivity contribution in [2.24, 2.45) is 17.1 Å². The Morgan fingerprint density at radius 1 is 1.26 bits per heavy atom. The highest BCUT2D eigenvalue weighted by Crippen LogP contribution is 2.28. The molecule has 0 aromatic carbocycles. The zero-order chi connectivity index (χ0) is 14.0.